The first-order valence-corrected chi connectivity index (χ1v) is 11.1. The second-order valence-electron chi connectivity index (χ2n) is 7.98. The third kappa shape index (κ3) is 5.39. The van der Waals surface area contributed by atoms with E-state index < -0.39 is 97.2 Å². The van der Waals surface area contributed by atoms with Gasteiger partial charge in [0.15, 0.2) is 23.0 Å². The molecule has 0 aliphatic heterocycles. The largest absolute Gasteiger partial charge is 0.506 e. The molecule has 0 atom stereocenters. The van der Waals surface area contributed by atoms with Crippen molar-refractivity contribution < 1.29 is 58.4 Å². The van der Waals surface area contributed by atoms with Crippen molar-refractivity contribution in [3.05, 3.63) is 32.7 Å². The SMILES string of the molecule is CN=C(C)c1[nH]c(=O)c(O)c(Oc2c(O)c(N)c(NC(=O)Nc3c(O)cc(Cl)c(C(F)(F)F)c3O)c(O)c2O)c1O. The van der Waals surface area contributed by atoms with Crippen LogP contribution in [0.25, 0.3) is 0 Å². The Labute approximate surface area is 230 Å². The number of H-pyrrole nitrogens is 1. The summed E-state index contributed by atoms with van der Waals surface area (Å²) in [5.74, 6) is -10.9. The number of aromatic nitrogens is 1. The number of amides is 2. The van der Waals surface area contributed by atoms with Crippen LogP contribution in [0, 0.1) is 0 Å². The van der Waals surface area contributed by atoms with Crippen molar-refractivity contribution in [2.75, 3.05) is 23.4 Å². The number of ether oxygens (including phenoxy) is 1. The summed E-state index contributed by atoms with van der Waals surface area (Å²) in [6.45, 7) is 1.36. The molecule has 0 fully saturated rings. The number of aromatic amines is 1. The highest BCUT2D eigenvalue weighted by Crippen LogP contribution is 2.55. The third-order valence-electron chi connectivity index (χ3n) is 5.43. The molecule has 2 aromatic carbocycles. The van der Waals surface area contributed by atoms with E-state index in [1.165, 1.54) is 14.0 Å². The number of rotatable bonds is 5. The van der Waals surface area contributed by atoms with E-state index in [0.717, 1.165) is 0 Å². The molecule has 0 bridgehead atoms. The summed E-state index contributed by atoms with van der Waals surface area (Å²) in [7, 11) is 1.31. The van der Waals surface area contributed by atoms with Gasteiger partial charge >= 0.3 is 12.2 Å². The fraction of sp³-hybridized carbons (Fsp3) is 0.136. The second kappa shape index (κ2) is 10.6. The van der Waals surface area contributed by atoms with Crippen LogP contribution in [-0.2, 0) is 6.18 Å². The van der Waals surface area contributed by atoms with E-state index in [4.69, 9.17) is 22.1 Å². The van der Waals surface area contributed by atoms with Crippen molar-refractivity contribution in [3.8, 4) is 51.7 Å². The number of nitrogens with two attached hydrogens (primary N) is 1. The van der Waals surface area contributed by atoms with Gasteiger partial charge in [-0.05, 0) is 6.92 Å². The predicted molar refractivity (Wildman–Crippen MR) is 137 cm³/mol. The van der Waals surface area contributed by atoms with Gasteiger partial charge in [-0.25, -0.2) is 4.79 Å². The van der Waals surface area contributed by atoms with Crippen molar-refractivity contribution in [2.45, 2.75) is 13.1 Å². The fourth-order valence-corrected chi connectivity index (χ4v) is 3.64. The third-order valence-corrected chi connectivity index (χ3v) is 5.73. The first-order chi connectivity index (χ1) is 18.9. The lowest BCUT2D eigenvalue weighted by molar-refractivity contribution is -0.138. The zero-order valence-electron chi connectivity index (χ0n) is 20.5. The van der Waals surface area contributed by atoms with Crippen LogP contribution in [0.3, 0.4) is 0 Å². The van der Waals surface area contributed by atoms with Crippen LogP contribution in [0.4, 0.5) is 35.0 Å². The minimum atomic E-state index is -5.20. The highest BCUT2D eigenvalue weighted by molar-refractivity contribution is 6.32. The smallest absolute Gasteiger partial charge is 0.421 e. The Kier molecular flexibility index (Phi) is 7.83. The van der Waals surface area contributed by atoms with Gasteiger partial charge in [0.2, 0.25) is 23.0 Å². The maximum absolute atomic E-state index is 13.2. The molecule has 1 heterocycles. The van der Waals surface area contributed by atoms with Gasteiger partial charge in [0.05, 0.1) is 10.7 Å². The maximum atomic E-state index is 13.2. The van der Waals surface area contributed by atoms with Gasteiger partial charge in [0.25, 0.3) is 5.56 Å². The molecule has 0 aliphatic carbocycles. The standard InChI is InChI=1S/C22H19ClF3N5O10/c1-4(28-2)9-15(36)19(17(38)20(39)29-9)41-18-13(34)8(27)11(14(35)16(18)37)31-21(40)30-10-6(32)3-5(23)7(12(10)33)22(24,25)26/h3,32-38H,27H2,1-2H3,(H,29,39)(H2,30,31,40). The van der Waals surface area contributed by atoms with Crippen LogP contribution in [-0.4, -0.2) is 59.5 Å². The second-order valence-corrected chi connectivity index (χ2v) is 8.39. The lowest BCUT2D eigenvalue weighted by atomic mass is 10.1. The molecular weight excluding hydrogens is 587 g/mol. The normalized spacial score (nSPS) is 11.8. The summed E-state index contributed by atoms with van der Waals surface area (Å²) in [5, 5.41) is 74.0. The van der Waals surface area contributed by atoms with E-state index in [-0.39, 0.29) is 11.4 Å². The summed E-state index contributed by atoms with van der Waals surface area (Å²) in [6, 6.07) is -1.18. The van der Waals surface area contributed by atoms with Crippen LogP contribution in [0.15, 0.2) is 15.9 Å². The molecule has 3 rings (SSSR count). The van der Waals surface area contributed by atoms with Gasteiger partial charge in [0.1, 0.15) is 34.1 Å². The number of nitrogen functional groups attached to an aromatic ring is 1. The summed E-state index contributed by atoms with van der Waals surface area (Å²) in [4.78, 5) is 30.4. The summed E-state index contributed by atoms with van der Waals surface area (Å²) in [6.07, 6.45) is -5.20. The average Bonchev–Trinajstić information content (AvgIpc) is 2.88. The first-order valence-electron chi connectivity index (χ1n) is 10.7. The molecule has 0 saturated carbocycles. The molecule has 0 unspecified atom stereocenters. The Hall–Kier alpha value is -5.39. The van der Waals surface area contributed by atoms with Crippen molar-refractivity contribution in [1.29, 1.82) is 0 Å². The lowest BCUT2D eigenvalue weighted by Gasteiger charge is -2.19. The Morgan fingerprint density at radius 3 is 2.07 bits per heavy atom. The van der Waals surface area contributed by atoms with Crippen molar-refractivity contribution in [3.63, 3.8) is 0 Å². The number of benzene rings is 2. The molecule has 15 nitrogen and oxygen atoms in total. The molecule has 0 aliphatic rings. The van der Waals surface area contributed by atoms with Crippen LogP contribution < -0.4 is 26.7 Å². The number of urea groups is 1. The molecule has 0 radical (unpaired) electrons. The maximum Gasteiger partial charge on any atom is 0.421 e. The monoisotopic (exact) mass is 605 g/mol. The van der Waals surface area contributed by atoms with Gasteiger partial charge < -0.3 is 61.8 Å². The van der Waals surface area contributed by atoms with Gasteiger partial charge in [-0.2, -0.15) is 13.2 Å². The van der Waals surface area contributed by atoms with Gasteiger partial charge in [-0.3, -0.25) is 9.79 Å². The van der Waals surface area contributed by atoms with E-state index >= 15 is 0 Å². The van der Waals surface area contributed by atoms with Crippen molar-refractivity contribution in [2.24, 2.45) is 4.99 Å². The summed E-state index contributed by atoms with van der Waals surface area (Å²) in [5.41, 5.74) is -0.605. The number of carbonyl (C=O) groups excluding carboxylic acids is 1. The number of hydrogen-bond donors (Lipinski definition) is 11. The van der Waals surface area contributed by atoms with Gasteiger partial charge in [-0.1, -0.05) is 11.6 Å². The number of nitrogens with one attached hydrogen (secondary N) is 3. The molecule has 1 aromatic heterocycles. The molecule has 0 saturated heterocycles. The van der Waals surface area contributed by atoms with Crippen LogP contribution >= 0.6 is 11.6 Å². The summed E-state index contributed by atoms with van der Waals surface area (Å²) < 4.78 is 44.7. The Balaban J connectivity index is 2.03. The van der Waals surface area contributed by atoms with E-state index in [9.17, 15) is 58.5 Å². The number of aliphatic imine (C=N–C) groups is 1. The average molecular weight is 606 g/mol. The Morgan fingerprint density at radius 2 is 1.51 bits per heavy atom. The number of nitrogens with zero attached hydrogens (tertiary/aromatic N) is 1. The highest BCUT2D eigenvalue weighted by atomic mass is 35.5. The van der Waals surface area contributed by atoms with Gasteiger partial charge in [0, 0.05) is 13.1 Å². The molecular formula is C22H19ClF3N5O10. The van der Waals surface area contributed by atoms with Gasteiger partial charge in [-0.15, -0.1) is 0 Å². The molecule has 0 spiro atoms. The topological polar surface area (TPSA) is 263 Å². The number of phenols is 5. The first kappa shape index (κ1) is 30.2. The number of halogens is 4. The zero-order chi connectivity index (χ0) is 31.1. The van der Waals surface area contributed by atoms with E-state index in [0.29, 0.717) is 6.07 Å². The number of carbonyl (C=O) groups is 1. The number of hydrogen-bond acceptors (Lipinski definition) is 12. The van der Waals surface area contributed by atoms with E-state index in [2.05, 4.69) is 9.98 Å². The number of anilines is 3. The van der Waals surface area contributed by atoms with Crippen molar-refractivity contribution >= 4 is 40.4 Å². The molecule has 12 N–H and O–H groups in total. The Bertz CT molecular complexity index is 1640. The van der Waals surface area contributed by atoms with Crippen LogP contribution in [0.2, 0.25) is 5.02 Å². The lowest BCUT2D eigenvalue weighted by Crippen LogP contribution is -2.21. The molecule has 220 valence electrons. The molecule has 41 heavy (non-hydrogen) atoms. The summed E-state index contributed by atoms with van der Waals surface area (Å²) >= 11 is 5.42. The van der Waals surface area contributed by atoms with Crippen LogP contribution in [0.1, 0.15) is 18.2 Å². The number of phenolic OH excluding ortho intramolecular Hbond substituents is 5. The number of aromatic hydroxyl groups is 7. The quantitative estimate of drug-likeness (QED) is 0.0867. The van der Waals surface area contributed by atoms with E-state index in [1.807, 2.05) is 0 Å². The predicted octanol–water partition coefficient (Wildman–Crippen LogP) is 3.44. The molecule has 3 aromatic rings. The molecule has 19 heteroatoms. The van der Waals surface area contributed by atoms with E-state index in [1.54, 1.807) is 10.6 Å². The highest BCUT2D eigenvalue weighted by Gasteiger charge is 2.39. The minimum absolute atomic E-state index is 0.0610. The minimum Gasteiger partial charge on any atom is -0.506 e. The van der Waals surface area contributed by atoms with Crippen LogP contribution in [0.5, 0.6) is 51.7 Å². The zero-order valence-corrected chi connectivity index (χ0v) is 21.2. The molecule has 2 amide bonds. The number of pyridine rings is 1. The number of alkyl halides is 3. The van der Waals surface area contributed by atoms with Crippen molar-refractivity contribution in [1.82, 2.24) is 4.98 Å². The fourth-order valence-electron chi connectivity index (χ4n) is 3.34. The Morgan fingerprint density at radius 1 is 0.951 bits per heavy atom.